The third kappa shape index (κ3) is 3.33. The van der Waals surface area contributed by atoms with Crippen molar-refractivity contribution in [2.45, 2.75) is 24.3 Å². The zero-order chi connectivity index (χ0) is 17.2. The van der Waals surface area contributed by atoms with Crippen molar-refractivity contribution in [1.29, 1.82) is 0 Å². The van der Waals surface area contributed by atoms with Crippen LogP contribution in [0.15, 0.2) is 51.5 Å². The summed E-state index contributed by atoms with van der Waals surface area (Å²) >= 11 is 3.05. The Morgan fingerprint density at radius 3 is 2.96 bits per heavy atom. The molecule has 7 nitrogen and oxygen atoms in total. The summed E-state index contributed by atoms with van der Waals surface area (Å²) in [5, 5.41) is 18.7. The molecule has 0 saturated heterocycles. The molecular formula is C16H14N6OS2. The number of benzene rings is 1. The van der Waals surface area contributed by atoms with Crippen molar-refractivity contribution >= 4 is 23.1 Å². The van der Waals surface area contributed by atoms with Gasteiger partial charge in [0, 0.05) is 0 Å². The van der Waals surface area contributed by atoms with Gasteiger partial charge in [0.1, 0.15) is 0 Å². The summed E-state index contributed by atoms with van der Waals surface area (Å²) < 4.78 is 7.12. The molecule has 0 aliphatic rings. The van der Waals surface area contributed by atoms with Gasteiger partial charge in [0.25, 0.3) is 0 Å². The van der Waals surface area contributed by atoms with Crippen molar-refractivity contribution in [2.24, 2.45) is 0 Å². The van der Waals surface area contributed by atoms with Crippen molar-refractivity contribution in [3.63, 3.8) is 0 Å². The van der Waals surface area contributed by atoms with Gasteiger partial charge in [-0.1, -0.05) is 35.1 Å². The van der Waals surface area contributed by atoms with Crippen LogP contribution < -0.4 is 0 Å². The fourth-order valence-corrected chi connectivity index (χ4v) is 3.78. The number of rotatable bonds is 5. The molecule has 0 bridgehead atoms. The normalized spacial score (nSPS) is 12.4. The molecule has 9 heteroatoms. The van der Waals surface area contributed by atoms with E-state index in [2.05, 4.69) is 25.7 Å². The lowest BCUT2D eigenvalue weighted by atomic mass is 10.2. The highest BCUT2D eigenvalue weighted by molar-refractivity contribution is 7.99. The summed E-state index contributed by atoms with van der Waals surface area (Å²) in [5.74, 6) is 1.16. The highest BCUT2D eigenvalue weighted by Crippen LogP contribution is 2.34. The molecule has 0 spiro atoms. The lowest BCUT2D eigenvalue weighted by Crippen LogP contribution is -2.00. The Bertz CT molecular complexity index is 978. The number of hydrogen-bond donors (Lipinski definition) is 0. The number of thiophene rings is 1. The van der Waals surface area contributed by atoms with E-state index >= 15 is 0 Å². The number of aryl methyl sites for hydroxylation is 1. The van der Waals surface area contributed by atoms with E-state index in [4.69, 9.17) is 4.52 Å². The first-order valence-electron chi connectivity index (χ1n) is 7.60. The fourth-order valence-electron chi connectivity index (χ4n) is 2.29. The number of thioether (sulfide) groups is 1. The van der Waals surface area contributed by atoms with Gasteiger partial charge in [-0.05, 0) is 53.4 Å². The van der Waals surface area contributed by atoms with E-state index < -0.39 is 0 Å². The number of nitrogens with zero attached hydrogens (tertiary/aromatic N) is 6. The minimum Gasteiger partial charge on any atom is -0.338 e. The predicted octanol–water partition coefficient (Wildman–Crippen LogP) is 3.94. The van der Waals surface area contributed by atoms with Crippen LogP contribution in [0.1, 0.15) is 23.6 Å². The smallest absolute Gasteiger partial charge is 0.240 e. The first kappa shape index (κ1) is 16.0. The Hall–Kier alpha value is -2.52. The van der Waals surface area contributed by atoms with E-state index in [0.29, 0.717) is 16.9 Å². The fraction of sp³-hybridized carbons (Fsp3) is 0.188. The average Bonchev–Trinajstić information content (AvgIpc) is 3.35. The molecule has 3 heterocycles. The molecule has 1 aromatic carbocycles. The largest absolute Gasteiger partial charge is 0.338 e. The van der Waals surface area contributed by atoms with Crippen LogP contribution in [0.3, 0.4) is 0 Å². The quantitative estimate of drug-likeness (QED) is 0.492. The molecular weight excluding hydrogens is 356 g/mol. The monoisotopic (exact) mass is 370 g/mol. The van der Waals surface area contributed by atoms with Gasteiger partial charge >= 0.3 is 0 Å². The second kappa shape index (κ2) is 6.77. The summed E-state index contributed by atoms with van der Waals surface area (Å²) in [7, 11) is 0. The molecule has 0 aliphatic carbocycles. The summed E-state index contributed by atoms with van der Waals surface area (Å²) in [6.45, 7) is 4.03. The van der Waals surface area contributed by atoms with Gasteiger partial charge in [-0.15, -0.1) is 16.4 Å². The molecule has 0 amide bonds. The maximum Gasteiger partial charge on any atom is 0.240 e. The summed E-state index contributed by atoms with van der Waals surface area (Å²) in [5.41, 5.74) is 2.07. The second-order valence-electron chi connectivity index (χ2n) is 5.41. The highest BCUT2D eigenvalue weighted by atomic mass is 32.2. The molecule has 4 rings (SSSR count). The van der Waals surface area contributed by atoms with E-state index in [1.807, 2.05) is 55.6 Å². The van der Waals surface area contributed by atoms with E-state index in [-0.39, 0.29) is 5.25 Å². The lowest BCUT2D eigenvalue weighted by molar-refractivity contribution is 0.380. The van der Waals surface area contributed by atoms with Gasteiger partial charge in [0.15, 0.2) is 0 Å². The highest BCUT2D eigenvalue weighted by Gasteiger charge is 2.20. The van der Waals surface area contributed by atoms with Gasteiger partial charge in [-0.2, -0.15) is 9.67 Å². The van der Waals surface area contributed by atoms with E-state index in [0.717, 1.165) is 16.1 Å². The maximum atomic E-state index is 5.41. The molecule has 0 radical (unpaired) electrons. The van der Waals surface area contributed by atoms with E-state index in [1.54, 1.807) is 16.0 Å². The minimum atomic E-state index is -0.0734. The van der Waals surface area contributed by atoms with Gasteiger partial charge in [0.2, 0.25) is 16.9 Å². The van der Waals surface area contributed by atoms with Gasteiger partial charge in [0.05, 0.1) is 15.8 Å². The van der Waals surface area contributed by atoms with Crippen molar-refractivity contribution in [1.82, 2.24) is 30.3 Å². The SMILES string of the molecule is Cc1cccc(-n2nnnc2SC(C)c2nc(-c3cccs3)no2)c1. The third-order valence-electron chi connectivity index (χ3n) is 3.50. The van der Waals surface area contributed by atoms with Crippen LogP contribution in [0.2, 0.25) is 0 Å². The lowest BCUT2D eigenvalue weighted by Gasteiger charge is -2.07. The standard InChI is InChI=1S/C16H14N6OS2/c1-10-5-3-6-12(9-10)22-16(18-20-21-22)25-11(2)15-17-14(19-23-15)13-7-4-8-24-13/h3-9,11H,1-2H3. The summed E-state index contributed by atoms with van der Waals surface area (Å²) in [6, 6.07) is 12.0. The molecule has 4 aromatic rings. The summed E-state index contributed by atoms with van der Waals surface area (Å²) in [6.07, 6.45) is 0. The average molecular weight is 370 g/mol. The van der Waals surface area contributed by atoms with Gasteiger partial charge < -0.3 is 4.52 Å². The molecule has 0 N–H and O–H groups in total. The predicted molar refractivity (Wildman–Crippen MR) is 95.8 cm³/mol. The topological polar surface area (TPSA) is 82.5 Å². The zero-order valence-electron chi connectivity index (χ0n) is 13.5. The number of aromatic nitrogens is 6. The zero-order valence-corrected chi connectivity index (χ0v) is 15.2. The second-order valence-corrected chi connectivity index (χ2v) is 7.66. The van der Waals surface area contributed by atoms with Crippen molar-refractivity contribution in [3.8, 4) is 16.4 Å². The maximum absolute atomic E-state index is 5.41. The first-order chi connectivity index (χ1) is 12.2. The van der Waals surface area contributed by atoms with Crippen molar-refractivity contribution in [3.05, 3.63) is 53.2 Å². The Morgan fingerprint density at radius 1 is 1.24 bits per heavy atom. The number of tetrazole rings is 1. The summed E-state index contributed by atoms with van der Waals surface area (Å²) in [4.78, 5) is 5.47. The molecule has 25 heavy (non-hydrogen) atoms. The first-order valence-corrected chi connectivity index (χ1v) is 9.36. The van der Waals surface area contributed by atoms with Gasteiger partial charge in [-0.25, -0.2) is 0 Å². The van der Waals surface area contributed by atoms with Crippen LogP contribution in [-0.4, -0.2) is 30.3 Å². The molecule has 0 fully saturated rings. The Balaban J connectivity index is 1.56. The van der Waals surface area contributed by atoms with Gasteiger partial charge in [-0.3, -0.25) is 0 Å². The van der Waals surface area contributed by atoms with Crippen LogP contribution in [-0.2, 0) is 0 Å². The van der Waals surface area contributed by atoms with Crippen LogP contribution in [0, 0.1) is 6.92 Å². The Morgan fingerprint density at radius 2 is 2.16 bits per heavy atom. The van der Waals surface area contributed by atoms with Crippen LogP contribution in [0.25, 0.3) is 16.4 Å². The third-order valence-corrected chi connectivity index (χ3v) is 5.39. The van der Waals surface area contributed by atoms with Crippen molar-refractivity contribution in [2.75, 3.05) is 0 Å². The molecule has 3 aromatic heterocycles. The van der Waals surface area contributed by atoms with Crippen LogP contribution in [0.4, 0.5) is 0 Å². The molecule has 1 unspecified atom stereocenters. The Labute approximate surface area is 152 Å². The Kier molecular flexibility index (Phi) is 4.33. The van der Waals surface area contributed by atoms with Crippen LogP contribution >= 0.6 is 23.1 Å². The molecule has 0 aliphatic heterocycles. The molecule has 1 atom stereocenters. The van der Waals surface area contributed by atoms with Crippen molar-refractivity contribution < 1.29 is 4.52 Å². The van der Waals surface area contributed by atoms with Crippen LogP contribution in [0.5, 0.6) is 0 Å². The minimum absolute atomic E-state index is 0.0734. The van der Waals surface area contributed by atoms with E-state index in [9.17, 15) is 0 Å². The molecule has 126 valence electrons. The van der Waals surface area contributed by atoms with E-state index in [1.165, 1.54) is 11.8 Å². The number of hydrogen-bond acceptors (Lipinski definition) is 8. The molecule has 0 saturated carbocycles.